The first-order chi connectivity index (χ1) is 10.6. The number of esters is 1. The Morgan fingerprint density at radius 2 is 1.77 bits per heavy atom. The van der Waals surface area contributed by atoms with Crippen molar-refractivity contribution < 1.29 is 19.1 Å². The molecule has 0 saturated heterocycles. The van der Waals surface area contributed by atoms with Crippen LogP contribution in [0.15, 0.2) is 54.6 Å². The lowest BCUT2D eigenvalue weighted by Gasteiger charge is -2.14. The summed E-state index contributed by atoms with van der Waals surface area (Å²) in [4.78, 5) is 23.9. The summed E-state index contributed by atoms with van der Waals surface area (Å²) in [7, 11) is 1.55. The molecule has 1 atom stereocenters. The number of hydrogen-bond donors (Lipinski definition) is 1. The number of amides is 1. The van der Waals surface area contributed by atoms with E-state index in [1.807, 2.05) is 0 Å². The van der Waals surface area contributed by atoms with Crippen molar-refractivity contribution in [1.29, 1.82) is 0 Å². The molecule has 0 aliphatic heterocycles. The zero-order valence-electron chi connectivity index (χ0n) is 12.4. The second-order valence-corrected chi connectivity index (χ2v) is 4.63. The Bertz CT molecular complexity index is 655. The van der Waals surface area contributed by atoms with Gasteiger partial charge in [0.1, 0.15) is 5.75 Å². The highest BCUT2D eigenvalue weighted by Crippen LogP contribution is 2.17. The number of rotatable bonds is 5. The van der Waals surface area contributed by atoms with E-state index >= 15 is 0 Å². The highest BCUT2D eigenvalue weighted by molar-refractivity contribution is 5.97. The summed E-state index contributed by atoms with van der Waals surface area (Å²) in [6.45, 7) is 1.52. The lowest BCUT2D eigenvalue weighted by atomic mass is 10.2. The van der Waals surface area contributed by atoms with Crippen LogP contribution >= 0.6 is 0 Å². The Hall–Kier alpha value is -2.82. The van der Waals surface area contributed by atoms with E-state index in [-0.39, 0.29) is 0 Å². The van der Waals surface area contributed by atoms with Gasteiger partial charge in [0, 0.05) is 11.8 Å². The first-order valence-electron chi connectivity index (χ1n) is 6.81. The Labute approximate surface area is 128 Å². The van der Waals surface area contributed by atoms with Crippen molar-refractivity contribution in [3.05, 3.63) is 60.2 Å². The van der Waals surface area contributed by atoms with Crippen LogP contribution in [0.3, 0.4) is 0 Å². The number of anilines is 1. The molecule has 2 aromatic carbocycles. The van der Waals surface area contributed by atoms with Gasteiger partial charge in [0.15, 0.2) is 6.10 Å². The SMILES string of the molecule is COc1cccc(NC(=O)[C@@H](C)OC(=O)c2ccccc2)c1. The lowest BCUT2D eigenvalue weighted by molar-refractivity contribution is -0.123. The van der Waals surface area contributed by atoms with Crippen LogP contribution in [0.1, 0.15) is 17.3 Å². The molecule has 22 heavy (non-hydrogen) atoms. The molecule has 2 rings (SSSR count). The first-order valence-corrected chi connectivity index (χ1v) is 6.81. The number of methoxy groups -OCH3 is 1. The molecule has 0 heterocycles. The quantitative estimate of drug-likeness (QED) is 0.862. The van der Waals surface area contributed by atoms with Gasteiger partial charge in [-0.05, 0) is 31.2 Å². The largest absolute Gasteiger partial charge is 0.497 e. The minimum Gasteiger partial charge on any atom is -0.497 e. The zero-order valence-corrected chi connectivity index (χ0v) is 12.4. The van der Waals surface area contributed by atoms with Crippen molar-refractivity contribution in [3.8, 4) is 5.75 Å². The summed E-state index contributed by atoms with van der Waals surface area (Å²) < 4.78 is 10.2. The van der Waals surface area contributed by atoms with Crippen LogP contribution in [-0.4, -0.2) is 25.1 Å². The van der Waals surface area contributed by atoms with Gasteiger partial charge >= 0.3 is 5.97 Å². The molecular formula is C17H17NO4. The molecule has 0 bridgehead atoms. The topological polar surface area (TPSA) is 64.6 Å². The summed E-state index contributed by atoms with van der Waals surface area (Å²) in [5.41, 5.74) is 0.982. The third-order valence-electron chi connectivity index (χ3n) is 3.00. The Kier molecular flexibility index (Phi) is 5.14. The van der Waals surface area contributed by atoms with Gasteiger partial charge in [-0.15, -0.1) is 0 Å². The number of nitrogens with one attached hydrogen (secondary N) is 1. The van der Waals surface area contributed by atoms with Crippen molar-refractivity contribution in [3.63, 3.8) is 0 Å². The first kappa shape index (κ1) is 15.6. The fourth-order valence-corrected chi connectivity index (χ4v) is 1.80. The molecule has 0 unspecified atom stereocenters. The van der Waals surface area contributed by atoms with E-state index < -0.39 is 18.0 Å². The lowest BCUT2D eigenvalue weighted by Crippen LogP contribution is -2.30. The predicted molar refractivity (Wildman–Crippen MR) is 82.9 cm³/mol. The molecule has 0 radical (unpaired) electrons. The molecule has 114 valence electrons. The summed E-state index contributed by atoms with van der Waals surface area (Å²) in [5.74, 6) is -0.307. The minimum absolute atomic E-state index is 0.405. The van der Waals surface area contributed by atoms with Crippen molar-refractivity contribution in [2.45, 2.75) is 13.0 Å². The van der Waals surface area contributed by atoms with Crippen molar-refractivity contribution in [1.82, 2.24) is 0 Å². The molecule has 2 aromatic rings. The number of carbonyl (C=O) groups excluding carboxylic acids is 2. The summed E-state index contributed by atoms with van der Waals surface area (Å²) in [5, 5.41) is 2.68. The number of hydrogen-bond acceptors (Lipinski definition) is 4. The second kappa shape index (κ2) is 7.26. The molecule has 0 aliphatic carbocycles. The molecular weight excluding hydrogens is 282 g/mol. The van der Waals surface area contributed by atoms with Crippen LogP contribution in [0.2, 0.25) is 0 Å². The van der Waals surface area contributed by atoms with Gasteiger partial charge in [-0.2, -0.15) is 0 Å². The van der Waals surface area contributed by atoms with Crippen LogP contribution in [-0.2, 0) is 9.53 Å². The third-order valence-corrected chi connectivity index (χ3v) is 3.00. The van der Waals surface area contributed by atoms with Crippen molar-refractivity contribution in [2.24, 2.45) is 0 Å². The van der Waals surface area contributed by atoms with E-state index in [1.165, 1.54) is 6.92 Å². The number of benzene rings is 2. The van der Waals surface area contributed by atoms with Gasteiger partial charge in [0.2, 0.25) is 0 Å². The van der Waals surface area contributed by atoms with Gasteiger partial charge in [0.05, 0.1) is 12.7 Å². The van der Waals surface area contributed by atoms with Crippen molar-refractivity contribution in [2.75, 3.05) is 12.4 Å². The van der Waals surface area contributed by atoms with Gasteiger partial charge in [-0.1, -0.05) is 24.3 Å². The molecule has 0 aromatic heterocycles. The highest BCUT2D eigenvalue weighted by atomic mass is 16.5. The Morgan fingerprint density at radius 1 is 1.05 bits per heavy atom. The standard InChI is InChI=1S/C17H17NO4/c1-12(22-17(20)13-7-4-3-5-8-13)16(19)18-14-9-6-10-15(11-14)21-2/h3-12H,1-2H3,(H,18,19)/t12-/m1/s1. The molecule has 5 nitrogen and oxygen atoms in total. The van der Waals surface area contributed by atoms with Gasteiger partial charge in [0.25, 0.3) is 5.91 Å². The van der Waals surface area contributed by atoms with E-state index in [9.17, 15) is 9.59 Å². The number of carbonyl (C=O) groups is 2. The molecule has 1 amide bonds. The van der Waals surface area contributed by atoms with E-state index in [0.29, 0.717) is 17.0 Å². The molecule has 0 aliphatic rings. The molecule has 0 spiro atoms. The van der Waals surface area contributed by atoms with E-state index in [0.717, 1.165) is 0 Å². The molecule has 0 saturated carbocycles. The Balaban J connectivity index is 1.96. The second-order valence-electron chi connectivity index (χ2n) is 4.63. The Morgan fingerprint density at radius 3 is 2.45 bits per heavy atom. The smallest absolute Gasteiger partial charge is 0.338 e. The van der Waals surface area contributed by atoms with E-state index in [1.54, 1.807) is 61.7 Å². The summed E-state index contributed by atoms with van der Waals surface area (Å²) in [6, 6.07) is 15.5. The average Bonchev–Trinajstić information content (AvgIpc) is 2.55. The van der Waals surface area contributed by atoms with Crippen LogP contribution in [0.25, 0.3) is 0 Å². The maximum atomic E-state index is 12.0. The maximum absolute atomic E-state index is 12.0. The zero-order chi connectivity index (χ0) is 15.9. The average molecular weight is 299 g/mol. The van der Waals surface area contributed by atoms with Crippen LogP contribution in [0.4, 0.5) is 5.69 Å². The van der Waals surface area contributed by atoms with E-state index in [4.69, 9.17) is 9.47 Å². The molecule has 0 fully saturated rings. The van der Waals surface area contributed by atoms with Gasteiger partial charge in [-0.3, -0.25) is 4.79 Å². The molecule has 5 heteroatoms. The predicted octanol–water partition coefficient (Wildman–Crippen LogP) is 2.88. The van der Waals surface area contributed by atoms with Crippen LogP contribution in [0.5, 0.6) is 5.75 Å². The van der Waals surface area contributed by atoms with E-state index in [2.05, 4.69) is 5.32 Å². The fourth-order valence-electron chi connectivity index (χ4n) is 1.80. The maximum Gasteiger partial charge on any atom is 0.338 e. The van der Waals surface area contributed by atoms with Gasteiger partial charge < -0.3 is 14.8 Å². The minimum atomic E-state index is -0.904. The third kappa shape index (κ3) is 4.09. The van der Waals surface area contributed by atoms with Crippen molar-refractivity contribution >= 4 is 17.6 Å². The summed E-state index contributed by atoms with van der Waals surface area (Å²) >= 11 is 0. The number of ether oxygens (including phenoxy) is 2. The normalized spacial score (nSPS) is 11.4. The molecule has 1 N–H and O–H groups in total. The monoisotopic (exact) mass is 299 g/mol. The highest BCUT2D eigenvalue weighted by Gasteiger charge is 2.18. The van der Waals surface area contributed by atoms with Crippen LogP contribution < -0.4 is 10.1 Å². The van der Waals surface area contributed by atoms with Gasteiger partial charge in [-0.25, -0.2) is 4.79 Å². The fraction of sp³-hybridized carbons (Fsp3) is 0.176. The summed E-state index contributed by atoms with van der Waals surface area (Å²) in [6.07, 6.45) is -0.904. The van der Waals surface area contributed by atoms with Crippen LogP contribution in [0, 0.1) is 0 Å².